The lowest BCUT2D eigenvalue weighted by Gasteiger charge is -2.10. The van der Waals surface area contributed by atoms with Crippen molar-refractivity contribution in [2.24, 2.45) is 5.10 Å². The molecule has 8 heteroatoms. The van der Waals surface area contributed by atoms with Gasteiger partial charge in [0.1, 0.15) is 5.75 Å². The lowest BCUT2D eigenvalue weighted by atomic mass is 10.2. The molecule has 0 bridgehead atoms. The second kappa shape index (κ2) is 9.07. The summed E-state index contributed by atoms with van der Waals surface area (Å²) in [5.74, 6) is -0.162. The normalized spacial score (nSPS) is 10.3. The molecular weight excluding hydrogens is 338 g/mol. The number of hydrogen-bond acceptors (Lipinski definition) is 6. The van der Waals surface area contributed by atoms with Crippen LogP contribution in [-0.4, -0.2) is 39.4 Å². The molecule has 0 aliphatic rings. The SMILES string of the molecule is COc1cccc(/C=N\NC(=O)C(=O)Nc2ccc(OC)c(OC)c2)c1. The van der Waals surface area contributed by atoms with Crippen molar-refractivity contribution in [3.63, 3.8) is 0 Å². The number of carbonyl (C=O) groups excluding carboxylic acids is 2. The Morgan fingerprint density at radius 3 is 2.38 bits per heavy atom. The Kier molecular flexibility index (Phi) is 6.55. The van der Waals surface area contributed by atoms with Crippen LogP contribution in [0.4, 0.5) is 5.69 Å². The van der Waals surface area contributed by atoms with Gasteiger partial charge in [0.2, 0.25) is 0 Å². The first kappa shape index (κ1) is 18.8. The Bertz CT molecular complexity index is 820. The van der Waals surface area contributed by atoms with Gasteiger partial charge in [0.15, 0.2) is 11.5 Å². The van der Waals surface area contributed by atoms with E-state index >= 15 is 0 Å². The highest BCUT2D eigenvalue weighted by Gasteiger charge is 2.14. The summed E-state index contributed by atoms with van der Waals surface area (Å²) < 4.78 is 15.3. The third-order valence-electron chi connectivity index (χ3n) is 3.32. The fourth-order valence-electron chi connectivity index (χ4n) is 2.04. The molecule has 0 atom stereocenters. The summed E-state index contributed by atoms with van der Waals surface area (Å²) >= 11 is 0. The Balaban J connectivity index is 1.95. The molecule has 2 aromatic rings. The number of methoxy groups -OCH3 is 3. The molecule has 0 heterocycles. The van der Waals surface area contributed by atoms with Crippen molar-refractivity contribution in [3.05, 3.63) is 48.0 Å². The van der Waals surface area contributed by atoms with E-state index in [9.17, 15) is 9.59 Å². The number of hydrazone groups is 1. The number of nitrogens with one attached hydrogen (secondary N) is 2. The van der Waals surface area contributed by atoms with Crippen molar-refractivity contribution in [2.45, 2.75) is 0 Å². The zero-order valence-electron chi connectivity index (χ0n) is 14.6. The third-order valence-corrected chi connectivity index (χ3v) is 3.32. The minimum absolute atomic E-state index is 0.388. The molecule has 0 unspecified atom stereocenters. The summed E-state index contributed by atoms with van der Waals surface area (Å²) in [6.07, 6.45) is 1.41. The van der Waals surface area contributed by atoms with Crippen molar-refractivity contribution in [3.8, 4) is 17.2 Å². The van der Waals surface area contributed by atoms with Crippen LogP contribution < -0.4 is 25.0 Å². The van der Waals surface area contributed by atoms with Crippen molar-refractivity contribution >= 4 is 23.7 Å². The summed E-state index contributed by atoms with van der Waals surface area (Å²) in [6, 6.07) is 11.8. The molecule has 0 aliphatic carbocycles. The summed E-state index contributed by atoms with van der Waals surface area (Å²) in [5.41, 5.74) is 3.26. The molecule has 8 nitrogen and oxygen atoms in total. The number of rotatable bonds is 6. The van der Waals surface area contributed by atoms with Gasteiger partial charge in [-0.1, -0.05) is 12.1 Å². The van der Waals surface area contributed by atoms with Gasteiger partial charge in [-0.2, -0.15) is 5.10 Å². The highest BCUT2D eigenvalue weighted by molar-refractivity contribution is 6.39. The Morgan fingerprint density at radius 2 is 1.69 bits per heavy atom. The van der Waals surface area contributed by atoms with Crippen LogP contribution in [0.2, 0.25) is 0 Å². The van der Waals surface area contributed by atoms with E-state index in [1.165, 1.54) is 20.4 Å². The molecule has 0 saturated carbocycles. The average Bonchev–Trinajstić information content (AvgIpc) is 2.67. The zero-order chi connectivity index (χ0) is 18.9. The van der Waals surface area contributed by atoms with E-state index in [0.717, 1.165) is 0 Å². The van der Waals surface area contributed by atoms with Crippen LogP contribution in [0, 0.1) is 0 Å². The smallest absolute Gasteiger partial charge is 0.329 e. The number of nitrogens with zero attached hydrogens (tertiary/aromatic N) is 1. The molecular formula is C18H19N3O5. The first-order chi connectivity index (χ1) is 12.6. The van der Waals surface area contributed by atoms with Crippen LogP contribution in [0.1, 0.15) is 5.56 Å². The minimum atomic E-state index is -0.904. The largest absolute Gasteiger partial charge is 0.497 e. The molecule has 0 radical (unpaired) electrons. The van der Waals surface area contributed by atoms with Gasteiger partial charge < -0.3 is 19.5 Å². The van der Waals surface area contributed by atoms with E-state index in [1.807, 2.05) is 0 Å². The summed E-state index contributed by atoms with van der Waals surface area (Å²) in [6.45, 7) is 0. The monoisotopic (exact) mass is 357 g/mol. The van der Waals surface area contributed by atoms with E-state index in [4.69, 9.17) is 14.2 Å². The van der Waals surface area contributed by atoms with Crippen LogP contribution >= 0.6 is 0 Å². The molecule has 2 N–H and O–H groups in total. The standard InChI is InChI=1S/C18H19N3O5/c1-24-14-6-4-5-12(9-14)11-19-21-18(23)17(22)20-13-7-8-15(25-2)16(10-13)26-3/h4-11H,1-3H3,(H,20,22)(H,21,23)/b19-11-. The van der Waals surface area contributed by atoms with Gasteiger partial charge in [0.05, 0.1) is 27.5 Å². The van der Waals surface area contributed by atoms with Crippen molar-refractivity contribution < 1.29 is 23.8 Å². The van der Waals surface area contributed by atoms with Gasteiger partial charge in [0.25, 0.3) is 0 Å². The van der Waals surface area contributed by atoms with Crippen LogP contribution in [-0.2, 0) is 9.59 Å². The van der Waals surface area contributed by atoms with Gasteiger partial charge in [-0.25, -0.2) is 5.43 Å². The van der Waals surface area contributed by atoms with Gasteiger partial charge >= 0.3 is 11.8 Å². The molecule has 0 aromatic heterocycles. The molecule has 2 amide bonds. The maximum atomic E-state index is 11.9. The van der Waals surface area contributed by atoms with Gasteiger partial charge in [0, 0.05) is 11.8 Å². The number of benzene rings is 2. The second-order valence-electron chi connectivity index (χ2n) is 5.00. The van der Waals surface area contributed by atoms with Gasteiger partial charge in [-0.05, 0) is 29.8 Å². The fraction of sp³-hybridized carbons (Fsp3) is 0.167. The summed E-state index contributed by atoms with van der Waals surface area (Å²) in [5, 5.41) is 6.21. The lowest BCUT2D eigenvalue weighted by Crippen LogP contribution is -2.32. The molecule has 0 spiro atoms. The Hall–Kier alpha value is -3.55. The maximum Gasteiger partial charge on any atom is 0.329 e. The molecule has 136 valence electrons. The predicted octanol–water partition coefficient (Wildman–Crippen LogP) is 1.80. The summed E-state index contributed by atoms with van der Waals surface area (Å²) in [4.78, 5) is 23.7. The predicted molar refractivity (Wildman–Crippen MR) is 96.9 cm³/mol. The number of carbonyl (C=O) groups is 2. The molecule has 0 saturated heterocycles. The van der Waals surface area contributed by atoms with Crippen molar-refractivity contribution in [2.75, 3.05) is 26.6 Å². The molecule has 0 fully saturated rings. The minimum Gasteiger partial charge on any atom is -0.497 e. The summed E-state index contributed by atoms with van der Waals surface area (Å²) in [7, 11) is 4.53. The Labute approximate surface area is 150 Å². The highest BCUT2D eigenvalue weighted by atomic mass is 16.5. The molecule has 26 heavy (non-hydrogen) atoms. The molecule has 0 aliphatic heterocycles. The number of ether oxygens (including phenoxy) is 3. The van der Waals surface area contributed by atoms with E-state index in [2.05, 4.69) is 15.8 Å². The number of hydrogen-bond donors (Lipinski definition) is 2. The average molecular weight is 357 g/mol. The molecule has 2 rings (SSSR count). The van der Waals surface area contributed by atoms with Crippen LogP contribution in [0.3, 0.4) is 0 Å². The zero-order valence-corrected chi connectivity index (χ0v) is 14.6. The van der Waals surface area contributed by atoms with Gasteiger partial charge in [-0.3, -0.25) is 9.59 Å². The highest BCUT2D eigenvalue weighted by Crippen LogP contribution is 2.29. The number of amides is 2. The van der Waals surface area contributed by atoms with Crippen LogP contribution in [0.15, 0.2) is 47.6 Å². The van der Waals surface area contributed by atoms with E-state index < -0.39 is 11.8 Å². The number of anilines is 1. The Morgan fingerprint density at radius 1 is 0.923 bits per heavy atom. The third kappa shape index (κ3) is 4.97. The van der Waals surface area contributed by atoms with Crippen LogP contribution in [0.5, 0.6) is 17.2 Å². The maximum absolute atomic E-state index is 11.9. The van der Waals surface area contributed by atoms with Crippen LogP contribution in [0.25, 0.3) is 0 Å². The second-order valence-corrected chi connectivity index (χ2v) is 5.00. The topological polar surface area (TPSA) is 98.2 Å². The first-order valence-electron chi connectivity index (χ1n) is 7.58. The fourth-order valence-corrected chi connectivity index (χ4v) is 2.04. The first-order valence-corrected chi connectivity index (χ1v) is 7.58. The molecule has 2 aromatic carbocycles. The van der Waals surface area contributed by atoms with E-state index in [-0.39, 0.29) is 0 Å². The lowest BCUT2D eigenvalue weighted by molar-refractivity contribution is -0.136. The van der Waals surface area contributed by atoms with Crippen molar-refractivity contribution in [1.82, 2.24) is 5.43 Å². The van der Waals surface area contributed by atoms with E-state index in [0.29, 0.717) is 28.5 Å². The van der Waals surface area contributed by atoms with Gasteiger partial charge in [-0.15, -0.1) is 0 Å². The van der Waals surface area contributed by atoms with Crippen molar-refractivity contribution in [1.29, 1.82) is 0 Å². The van der Waals surface area contributed by atoms with E-state index in [1.54, 1.807) is 49.6 Å². The quantitative estimate of drug-likeness (QED) is 0.467.